The second kappa shape index (κ2) is 6.43. The average molecular weight is 350 g/mol. The van der Waals surface area contributed by atoms with E-state index in [9.17, 15) is 13.2 Å². The Bertz CT molecular complexity index is 775. The standard InChI is InChI=1S/C16H18N2O3S2/c1-13-2-4-15(5-3-13)23(20,21)18-9-7-17(8-10-18)16(19)14-6-11-22-12-14/h2-6,11-12H,7-10H2,1H3. The minimum absolute atomic E-state index is 0.0290. The molecular formula is C16H18N2O3S2. The summed E-state index contributed by atoms with van der Waals surface area (Å²) < 4.78 is 26.7. The molecule has 0 bridgehead atoms. The molecule has 3 rings (SSSR count). The number of carbonyl (C=O) groups excluding carboxylic acids is 1. The van der Waals surface area contributed by atoms with Gasteiger partial charge in [-0.3, -0.25) is 4.79 Å². The van der Waals surface area contributed by atoms with Crippen LogP contribution < -0.4 is 0 Å². The molecule has 0 atom stereocenters. The summed E-state index contributed by atoms with van der Waals surface area (Å²) in [5.74, 6) is -0.0290. The molecule has 1 aromatic carbocycles. The van der Waals surface area contributed by atoms with Crippen LogP contribution in [0.3, 0.4) is 0 Å². The fraction of sp³-hybridized carbons (Fsp3) is 0.312. The third-order valence-electron chi connectivity index (χ3n) is 3.95. The van der Waals surface area contributed by atoms with Gasteiger partial charge < -0.3 is 4.90 Å². The predicted molar refractivity (Wildman–Crippen MR) is 90.2 cm³/mol. The molecule has 2 aromatic rings. The van der Waals surface area contributed by atoms with Crippen LogP contribution >= 0.6 is 11.3 Å². The number of benzene rings is 1. The van der Waals surface area contributed by atoms with Crippen LogP contribution in [0.4, 0.5) is 0 Å². The lowest BCUT2D eigenvalue weighted by Gasteiger charge is -2.33. The summed E-state index contributed by atoms with van der Waals surface area (Å²) in [5, 5.41) is 3.68. The molecule has 122 valence electrons. The normalized spacial score (nSPS) is 16.5. The van der Waals surface area contributed by atoms with Gasteiger partial charge in [-0.2, -0.15) is 15.6 Å². The van der Waals surface area contributed by atoms with Crippen molar-refractivity contribution in [2.45, 2.75) is 11.8 Å². The smallest absolute Gasteiger partial charge is 0.254 e. The molecule has 1 aromatic heterocycles. The quantitative estimate of drug-likeness (QED) is 0.853. The number of nitrogens with zero attached hydrogens (tertiary/aromatic N) is 2. The van der Waals surface area contributed by atoms with Crippen molar-refractivity contribution < 1.29 is 13.2 Å². The Morgan fingerprint density at radius 2 is 1.70 bits per heavy atom. The molecule has 2 heterocycles. The zero-order valence-electron chi connectivity index (χ0n) is 12.8. The first kappa shape index (κ1) is 16.2. The summed E-state index contributed by atoms with van der Waals surface area (Å²) in [6.45, 7) is 3.41. The van der Waals surface area contributed by atoms with Crippen molar-refractivity contribution in [1.29, 1.82) is 0 Å². The number of sulfonamides is 1. The highest BCUT2D eigenvalue weighted by atomic mass is 32.2. The van der Waals surface area contributed by atoms with E-state index in [1.54, 1.807) is 35.2 Å². The molecule has 0 saturated carbocycles. The number of thiophene rings is 1. The maximum Gasteiger partial charge on any atom is 0.254 e. The van der Waals surface area contributed by atoms with Crippen LogP contribution in [0.2, 0.25) is 0 Å². The molecule has 5 nitrogen and oxygen atoms in total. The maximum absolute atomic E-state index is 12.6. The molecule has 1 aliphatic rings. The van der Waals surface area contributed by atoms with Gasteiger partial charge in [-0.25, -0.2) is 8.42 Å². The molecule has 1 aliphatic heterocycles. The van der Waals surface area contributed by atoms with Crippen LogP contribution in [0.15, 0.2) is 46.0 Å². The zero-order valence-corrected chi connectivity index (χ0v) is 14.4. The molecule has 7 heteroatoms. The predicted octanol–water partition coefficient (Wildman–Crippen LogP) is 2.20. The fourth-order valence-electron chi connectivity index (χ4n) is 2.56. The first-order chi connectivity index (χ1) is 11.0. The molecule has 1 amide bonds. The van der Waals surface area contributed by atoms with Crippen LogP contribution in [0.25, 0.3) is 0 Å². The van der Waals surface area contributed by atoms with Crippen molar-refractivity contribution in [3.05, 3.63) is 52.2 Å². The van der Waals surface area contributed by atoms with Crippen molar-refractivity contribution in [1.82, 2.24) is 9.21 Å². The van der Waals surface area contributed by atoms with Gasteiger partial charge in [0.15, 0.2) is 0 Å². The van der Waals surface area contributed by atoms with Crippen molar-refractivity contribution in [2.75, 3.05) is 26.2 Å². The van der Waals surface area contributed by atoms with Gasteiger partial charge in [0.2, 0.25) is 10.0 Å². The Labute approximate surface area is 140 Å². The maximum atomic E-state index is 12.6. The highest BCUT2D eigenvalue weighted by Crippen LogP contribution is 2.19. The molecule has 1 saturated heterocycles. The number of carbonyl (C=O) groups is 1. The molecule has 0 aliphatic carbocycles. The van der Waals surface area contributed by atoms with Crippen molar-refractivity contribution in [2.24, 2.45) is 0 Å². The lowest BCUT2D eigenvalue weighted by molar-refractivity contribution is 0.0698. The lowest BCUT2D eigenvalue weighted by Crippen LogP contribution is -2.50. The highest BCUT2D eigenvalue weighted by molar-refractivity contribution is 7.89. The van der Waals surface area contributed by atoms with Crippen LogP contribution in [-0.4, -0.2) is 49.7 Å². The summed E-state index contributed by atoms with van der Waals surface area (Å²) >= 11 is 1.48. The second-order valence-electron chi connectivity index (χ2n) is 5.52. The molecule has 1 fully saturated rings. The first-order valence-corrected chi connectivity index (χ1v) is 9.75. The van der Waals surface area contributed by atoms with Gasteiger partial charge in [0.25, 0.3) is 5.91 Å². The Hall–Kier alpha value is -1.70. The van der Waals surface area contributed by atoms with Crippen LogP contribution in [0.1, 0.15) is 15.9 Å². The summed E-state index contributed by atoms with van der Waals surface area (Å²) in [7, 11) is -3.48. The fourth-order valence-corrected chi connectivity index (χ4v) is 4.61. The summed E-state index contributed by atoms with van der Waals surface area (Å²) in [5.41, 5.74) is 1.69. The summed E-state index contributed by atoms with van der Waals surface area (Å²) in [6.07, 6.45) is 0. The van der Waals surface area contributed by atoms with Gasteiger partial charge >= 0.3 is 0 Å². The van der Waals surface area contributed by atoms with E-state index in [1.165, 1.54) is 15.6 Å². The second-order valence-corrected chi connectivity index (χ2v) is 8.24. The number of amides is 1. The SMILES string of the molecule is Cc1ccc(S(=O)(=O)N2CCN(C(=O)c3ccsc3)CC2)cc1. The van der Waals surface area contributed by atoms with E-state index in [0.717, 1.165) is 5.56 Å². The van der Waals surface area contributed by atoms with E-state index in [1.807, 2.05) is 17.7 Å². The molecular weight excluding hydrogens is 332 g/mol. The molecule has 0 unspecified atom stereocenters. The molecule has 0 radical (unpaired) electrons. The summed E-state index contributed by atoms with van der Waals surface area (Å²) in [6, 6.07) is 8.65. The van der Waals surface area contributed by atoms with E-state index >= 15 is 0 Å². The zero-order chi connectivity index (χ0) is 16.4. The largest absolute Gasteiger partial charge is 0.336 e. The van der Waals surface area contributed by atoms with Gasteiger partial charge in [0.1, 0.15) is 0 Å². The minimum atomic E-state index is -3.48. The average Bonchev–Trinajstić information content (AvgIpc) is 3.09. The minimum Gasteiger partial charge on any atom is -0.336 e. The number of aryl methyl sites for hydroxylation is 1. The van der Waals surface area contributed by atoms with E-state index in [2.05, 4.69) is 0 Å². The lowest BCUT2D eigenvalue weighted by atomic mass is 10.2. The Morgan fingerprint density at radius 3 is 2.26 bits per heavy atom. The molecule has 23 heavy (non-hydrogen) atoms. The third kappa shape index (κ3) is 3.31. The van der Waals surface area contributed by atoms with Crippen LogP contribution in [0, 0.1) is 6.92 Å². The number of piperazine rings is 1. The van der Waals surface area contributed by atoms with Gasteiger partial charge in [-0.05, 0) is 30.5 Å². The molecule has 0 N–H and O–H groups in total. The highest BCUT2D eigenvalue weighted by Gasteiger charge is 2.30. The van der Waals surface area contributed by atoms with Crippen LogP contribution in [-0.2, 0) is 10.0 Å². The molecule has 0 spiro atoms. The van der Waals surface area contributed by atoms with E-state index in [-0.39, 0.29) is 5.91 Å². The van der Waals surface area contributed by atoms with Gasteiger partial charge in [0.05, 0.1) is 10.5 Å². The first-order valence-electron chi connectivity index (χ1n) is 7.37. The topological polar surface area (TPSA) is 57.7 Å². The van der Waals surface area contributed by atoms with E-state index in [4.69, 9.17) is 0 Å². The van der Waals surface area contributed by atoms with Crippen molar-refractivity contribution >= 4 is 27.3 Å². The Kier molecular flexibility index (Phi) is 4.52. The number of rotatable bonds is 3. The number of hydrogen-bond donors (Lipinski definition) is 0. The van der Waals surface area contributed by atoms with Crippen molar-refractivity contribution in [3.63, 3.8) is 0 Å². The number of hydrogen-bond acceptors (Lipinski definition) is 4. The van der Waals surface area contributed by atoms with E-state index < -0.39 is 10.0 Å². The third-order valence-corrected chi connectivity index (χ3v) is 6.55. The van der Waals surface area contributed by atoms with Crippen LogP contribution in [0.5, 0.6) is 0 Å². The monoisotopic (exact) mass is 350 g/mol. The Morgan fingerprint density at radius 1 is 1.04 bits per heavy atom. The van der Waals surface area contributed by atoms with Crippen molar-refractivity contribution in [3.8, 4) is 0 Å². The van der Waals surface area contributed by atoms with Gasteiger partial charge in [-0.1, -0.05) is 17.7 Å². The van der Waals surface area contributed by atoms with Gasteiger partial charge in [-0.15, -0.1) is 0 Å². The van der Waals surface area contributed by atoms with Gasteiger partial charge in [0, 0.05) is 31.6 Å². The Balaban J connectivity index is 1.69. The summed E-state index contributed by atoms with van der Waals surface area (Å²) in [4.78, 5) is 14.3. The van der Waals surface area contributed by atoms with E-state index in [0.29, 0.717) is 36.6 Å².